The van der Waals surface area contributed by atoms with Crippen LogP contribution in [0.25, 0.3) is 0 Å². The molecule has 7 N–H and O–H groups in total. The number of methoxy groups -OCH3 is 1. The van der Waals surface area contributed by atoms with Gasteiger partial charge in [-0.15, -0.1) is 0 Å². The van der Waals surface area contributed by atoms with Gasteiger partial charge in [0.2, 0.25) is 0 Å². The smallest absolute Gasteiger partial charge is 0.271 e. The van der Waals surface area contributed by atoms with Crippen molar-refractivity contribution in [2.45, 2.75) is 67.3 Å². The van der Waals surface area contributed by atoms with Crippen LogP contribution in [0.1, 0.15) is 6.42 Å². The molecule has 0 aromatic rings. The zero-order chi connectivity index (χ0) is 19.2. The highest BCUT2D eigenvalue weighted by Crippen LogP contribution is 2.39. The Balaban J connectivity index is 1.78. The van der Waals surface area contributed by atoms with E-state index in [0.29, 0.717) is 0 Å². The van der Waals surface area contributed by atoms with Crippen LogP contribution in [0.4, 0.5) is 0 Å². The molecule has 26 heavy (non-hydrogen) atoms. The standard InChI is InChI=1S/C14H23NO11/c1-23-13-10(21)7(18)8(19)11(24-13)4-2-14(26-15-4)12(22)9(20)6(17)5(3-16)25-14/h5-13,16-22H,2-3H2,1H3/t5-,6-,7+,8+,9+,10-,11-,12+,13+,14-/m1/s1. The summed E-state index contributed by atoms with van der Waals surface area (Å²) < 4.78 is 15.7. The predicted molar refractivity (Wildman–Crippen MR) is 79.5 cm³/mol. The summed E-state index contributed by atoms with van der Waals surface area (Å²) >= 11 is 0. The third kappa shape index (κ3) is 3.01. The molecule has 12 nitrogen and oxygen atoms in total. The molecule has 2 fully saturated rings. The quantitative estimate of drug-likeness (QED) is 0.249. The molecule has 0 bridgehead atoms. The maximum atomic E-state index is 10.3. The van der Waals surface area contributed by atoms with E-state index in [1.165, 1.54) is 7.11 Å². The van der Waals surface area contributed by atoms with Crippen LogP contribution >= 0.6 is 0 Å². The molecule has 3 aliphatic rings. The van der Waals surface area contributed by atoms with Crippen molar-refractivity contribution in [2.75, 3.05) is 13.7 Å². The number of ether oxygens (including phenoxy) is 3. The van der Waals surface area contributed by atoms with E-state index < -0.39 is 67.5 Å². The molecule has 1 spiro atoms. The van der Waals surface area contributed by atoms with Gasteiger partial charge in [0, 0.05) is 7.11 Å². The van der Waals surface area contributed by atoms with Gasteiger partial charge in [-0.05, 0) is 0 Å². The number of oxime groups is 1. The third-order valence-corrected chi connectivity index (χ3v) is 4.91. The molecule has 150 valence electrons. The molecule has 3 heterocycles. The summed E-state index contributed by atoms with van der Waals surface area (Å²) in [4.78, 5) is 5.15. The lowest BCUT2D eigenvalue weighted by Crippen LogP contribution is -2.66. The van der Waals surface area contributed by atoms with Gasteiger partial charge in [0.1, 0.15) is 42.7 Å². The lowest BCUT2D eigenvalue weighted by Gasteiger charge is -2.44. The number of aliphatic hydroxyl groups excluding tert-OH is 7. The third-order valence-electron chi connectivity index (χ3n) is 4.91. The van der Waals surface area contributed by atoms with Crippen molar-refractivity contribution in [3.8, 4) is 0 Å². The first-order chi connectivity index (χ1) is 12.3. The lowest BCUT2D eigenvalue weighted by atomic mass is 9.87. The molecule has 0 aromatic heterocycles. The Morgan fingerprint density at radius 3 is 2.35 bits per heavy atom. The molecule has 2 saturated heterocycles. The van der Waals surface area contributed by atoms with Crippen molar-refractivity contribution in [1.82, 2.24) is 0 Å². The molecule has 0 amide bonds. The monoisotopic (exact) mass is 381 g/mol. The van der Waals surface area contributed by atoms with Crippen molar-refractivity contribution < 1.29 is 54.8 Å². The second kappa shape index (κ2) is 7.24. The molecule has 3 aliphatic heterocycles. The average Bonchev–Trinajstić information content (AvgIpc) is 3.06. The fraction of sp³-hybridized carbons (Fsp3) is 0.929. The molecular formula is C14H23NO11. The van der Waals surface area contributed by atoms with E-state index in [2.05, 4.69) is 5.16 Å². The summed E-state index contributed by atoms with van der Waals surface area (Å²) in [6, 6.07) is 0. The van der Waals surface area contributed by atoms with Gasteiger partial charge in [-0.2, -0.15) is 0 Å². The Labute approximate surface area is 147 Å². The molecule has 0 saturated carbocycles. The van der Waals surface area contributed by atoms with E-state index in [-0.39, 0.29) is 12.1 Å². The first-order valence-electron chi connectivity index (χ1n) is 8.06. The van der Waals surface area contributed by atoms with E-state index in [9.17, 15) is 35.7 Å². The molecule has 10 atom stereocenters. The number of hydrogen-bond acceptors (Lipinski definition) is 12. The molecule has 0 radical (unpaired) electrons. The Kier molecular flexibility index (Phi) is 5.52. The highest BCUT2D eigenvalue weighted by atomic mass is 16.8. The SMILES string of the molecule is CO[C@H]1O[C@H](C2=NO[C@@]3(C2)O[C@H](CO)[C@@H](O)[C@H](O)[C@@H]3O)[C@@H](O)[C@H](O)[C@H]1O. The van der Waals surface area contributed by atoms with Gasteiger partial charge in [0.15, 0.2) is 12.4 Å². The maximum Gasteiger partial charge on any atom is 0.271 e. The van der Waals surface area contributed by atoms with Crippen LogP contribution < -0.4 is 0 Å². The minimum absolute atomic E-state index is 0.0184. The first kappa shape index (κ1) is 19.8. The maximum absolute atomic E-state index is 10.3. The van der Waals surface area contributed by atoms with Crippen molar-refractivity contribution in [3.63, 3.8) is 0 Å². The summed E-state index contributed by atoms with van der Waals surface area (Å²) in [5.41, 5.74) is 0.0184. The highest BCUT2D eigenvalue weighted by molar-refractivity contribution is 5.91. The largest absolute Gasteiger partial charge is 0.394 e. The minimum atomic E-state index is -1.91. The van der Waals surface area contributed by atoms with E-state index in [1.807, 2.05) is 0 Å². The molecule has 0 unspecified atom stereocenters. The first-order valence-corrected chi connectivity index (χ1v) is 8.06. The van der Waals surface area contributed by atoms with E-state index in [4.69, 9.17) is 19.0 Å². The Hall–Kier alpha value is -0.930. The van der Waals surface area contributed by atoms with E-state index in [1.54, 1.807) is 0 Å². The number of aliphatic hydroxyl groups is 7. The van der Waals surface area contributed by atoms with Crippen LogP contribution in [0, 0.1) is 0 Å². The molecular weight excluding hydrogens is 358 g/mol. The predicted octanol–water partition coefficient (Wildman–Crippen LogP) is -4.61. The summed E-state index contributed by atoms with van der Waals surface area (Å²) in [6.45, 7) is -0.648. The van der Waals surface area contributed by atoms with Crippen LogP contribution in [0.3, 0.4) is 0 Å². The zero-order valence-electron chi connectivity index (χ0n) is 13.8. The van der Waals surface area contributed by atoms with Crippen molar-refractivity contribution in [1.29, 1.82) is 0 Å². The lowest BCUT2D eigenvalue weighted by molar-refractivity contribution is -0.355. The van der Waals surface area contributed by atoms with Crippen LogP contribution in [-0.4, -0.2) is 116 Å². The van der Waals surface area contributed by atoms with Gasteiger partial charge < -0.3 is 54.8 Å². The van der Waals surface area contributed by atoms with Crippen LogP contribution in [0.2, 0.25) is 0 Å². The van der Waals surface area contributed by atoms with Crippen molar-refractivity contribution >= 4 is 5.71 Å². The Morgan fingerprint density at radius 2 is 1.73 bits per heavy atom. The van der Waals surface area contributed by atoms with Crippen LogP contribution in [0.5, 0.6) is 0 Å². The summed E-state index contributed by atoms with van der Waals surface area (Å²) in [6.07, 6.45) is -13.6. The molecule has 3 rings (SSSR count). The molecule has 0 aromatic carbocycles. The number of nitrogens with zero attached hydrogens (tertiary/aromatic N) is 1. The van der Waals surface area contributed by atoms with Gasteiger partial charge in [-0.1, -0.05) is 5.16 Å². The summed E-state index contributed by atoms with van der Waals surface area (Å²) in [5, 5.41) is 73.0. The van der Waals surface area contributed by atoms with Gasteiger partial charge in [-0.25, -0.2) is 0 Å². The Morgan fingerprint density at radius 1 is 1.04 bits per heavy atom. The molecule has 12 heteroatoms. The number of rotatable bonds is 3. The fourth-order valence-electron chi connectivity index (χ4n) is 3.35. The normalized spacial score (nSPS) is 52.0. The van der Waals surface area contributed by atoms with Gasteiger partial charge in [-0.3, -0.25) is 0 Å². The average molecular weight is 381 g/mol. The van der Waals surface area contributed by atoms with Gasteiger partial charge in [0.05, 0.1) is 18.7 Å². The second-order valence-corrected chi connectivity index (χ2v) is 6.56. The van der Waals surface area contributed by atoms with E-state index in [0.717, 1.165) is 0 Å². The Bertz CT molecular complexity index is 543. The van der Waals surface area contributed by atoms with Gasteiger partial charge >= 0.3 is 0 Å². The van der Waals surface area contributed by atoms with Crippen molar-refractivity contribution in [3.05, 3.63) is 0 Å². The highest BCUT2D eigenvalue weighted by Gasteiger charge is 2.60. The van der Waals surface area contributed by atoms with Crippen LogP contribution in [0.15, 0.2) is 5.16 Å². The van der Waals surface area contributed by atoms with Gasteiger partial charge in [0.25, 0.3) is 5.79 Å². The zero-order valence-corrected chi connectivity index (χ0v) is 13.8. The molecule has 0 aliphatic carbocycles. The fourth-order valence-corrected chi connectivity index (χ4v) is 3.35. The topological polar surface area (TPSA) is 191 Å². The second-order valence-electron chi connectivity index (χ2n) is 6.56. The minimum Gasteiger partial charge on any atom is -0.394 e. The number of hydrogen-bond donors (Lipinski definition) is 7. The van der Waals surface area contributed by atoms with Crippen LogP contribution in [-0.2, 0) is 19.0 Å². The summed E-state index contributed by atoms with van der Waals surface area (Å²) in [5.74, 6) is -1.91. The van der Waals surface area contributed by atoms with E-state index >= 15 is 0 Å². The summed E-state index contributed by atoms with van der Waals surface area (Å²) in [7, 11) is 1.24. The van der Waals surface area contributed by atoms with Crippen molar-refractivity contribution in [2.24, 2.45) is 5.16 Å².